The third-order valence-corrected chi connectivity index (χ3v) is 9.45. The molecule has 0 radical (unpaired) electrons. The minimum atomic E-state index is 0.869. The molecule has 0 saturated heterocycles. The lowest BCUT2D eigenvalue weighted by Crippen LogP contribution is -2.10. The topological polar surface area (TPSA) is 29.5 Å². The average Bonchev–Trinajstić information content (AvgIpc) is 3.71. The molecule has 0 bridgehead atoms. The summed E-state index contributed by atoms with van der Waals surface area (Å²) in [5, 5.41) is 9.31. The number of hydrogen-bond acceptors (Lipinski definition) is 3. The first kappa shape index (κ1) is 26.0. The normalized spacial score (nSPS) is 11.8. The Bertz CT molecular complexity index is 2800. The first-order valence-corrected chi connectivity index (χ1v) is 15.9. The second kappa shape index (κ2) is 10.1. The van der Waals surface area contributed by atoms with E-state index in [1.807, 2.05) is 24.3 Å². The van der Waals surface area contributed by atoms with E-state index in [9.17, 15) is 0 Å². The van der Waals surface area contributed by atoms with Crippen LogP contribution in [0.15, 0.2) is 173 Å². The highest BCUT2D eigenvalue weighted by molar-refractivity contribution is 6.19. The molecule has 8 aromatic carbocycles. The Balaban J connectivity index is 1.20. The first-order valence-electron chi connectivity index (χ1n) is 15.9. The van der Waals surface area contributed by atoms with Crippen LogP contribution in [0, 0.1) is 0 Å². The third kappa shape index (κ3) is 4.00. The number of hydrogen-bond donors (Lipinski definition) is 0. The van der Waals surface area contributed by atoms with Crippen molar-refractivity contribution in [3.63, 3.8) is 0 Å². The molecule has 0 spiro atoms. The minimum absolute atomic E-state index is 0.869. The molecule has 0 amide bonds. The molecule has 0 atom stereocenters. The second-order valence-electron chi connectivity index (χ2n) is 12.1. The number of furan rings is 2. The Morgan fingerprint density at radius 1 is 0.362 bits per heavy atom. The summed E-state index contributed by atoms with van der Waals surface area (Å²) >= 11 is 0. The highest BCUT2D eigenvalue weighted by Gasteiger charge is 2.20. The van der Waals surface area contributed by atoms with Crippen LogP contribution in [0.3, 0.4) is 0 Å². The summed E-state index contributed by atoms with van der Waals surface area (Å²) in [6, 6.07) is 57.9. The maximum atomic E-state index is 6.35. The molecule has 220 valence electrons. The summed E-state index contributed by atoms with van der Waals surface area (Å²) in [6.07, 6.45) is 0. The van der Waals surface area contributed by atoms with Gasteiger partial charge < -0.3 is 13.7 Å². The minimum Gasteiger partial charge on any atom is -0.456 e. The standard InChI is InChI=1S/C44H27NO2/c1-2-11-33-28(9-1)10-7-14-34(33)29-19-22-31(23-20-29)45(38-15-8-18-41-44(38)37-13-4-6-17-40(37)46-41)32-24-25-35-30(27-32)21-26-42-43(35)36-12-3-5-16-39(36)47-42/h1-27H. The fourth-order valence-electron chi connectivity index (χ4n) is 7.32. The van der Waals surface area contributed by atoms with Crippen molar-refractivity contribution in [3.8, 4) is 11.1 Å². The van der Waals surface area contributed by atoms with Crippen molar-refractivity contribution >= 4 is 82.5 Å². The van der Waals surface area contributed by atoms with Crippen LogP contribution in [-0.4, -0.2) is 0 Å². The van der Waals surface area contributed by atoms with Crippen molar-refractivity contribution in [2.75, 3.05) is 4.90 Å². The van der Waals surface area contributed by atoms with Gasteiger partial charge >= 0.3 is 0 Å². The zero-order chi connectivity index (χ0) is 30.9. The van der Waals surface area contributed by atoms with E-state index >= 15 is 0 Å². The molecule has 3 nitrogen and oxygen atoms in total. The van der Waals surface area contributed by atoms with Gasteiger partial charge in [-0.05, 0) is 87.3 Å². The Labute approximate surface area is 270 Å². The molecular weight excluding hydrogens is 574 g/mol. The van der Waals surface area contributed by atoms with Gasteiger partial charge in [-0.15, -0.1) is 0 Å². The zero-order valence-corrected chi connectivity index (χ0v) is 25.4. The number of para-hydroxylation sites is 2. The molecule has 0 fully saturated rings. The quantitative estimate of drug-likeness (QED) is 0.201. The van der Waals surface area contributed by atoms with Crippen LogP contribution in [0.5, 0.6) is 0 Å². The van der Waals surface area contributed by atoms with Crippen molar-refractivity contribution in [2.45, 2.75) is 0 Å². The summed E-state index contributed by atoms with van der Waals surface area (Å²) < 4.78 is 12.6. The third-order valence-electron chi connectivity index (χ3n) is 9.45. The molecule has 0 aliphatic carbocycles. The summed E-state index contributed by atoms with van der Waals surface area (Å²) in [5.41, 5.74) is 9.19. The second-order valence-corrected chi connectivity index (χ2v) is 12.1. The van der Waals surface area contributed by atoms with Crippen LogP contribution in [0.25, 0.3) is 76.5 Å². The molecule has 0 unspecified atom stereocenters. The van der Waals surface area contributed by atoms with Gasteiger partial charge in [-0.25, -0.2) is 0 Å². The first-order chi connectivity index (χ1) is 23.3. The van der Waals surface area contributed by atoms with Crippen LogP contribution >= 0.6 is 0 Å². The van der Waals surface area contributed by atoms with Crippen LogP contribution in [0.2, 0.25) is 0 Å². The predicted octanol–water partition coefficient (Wildman–Crippen LogP) is 12.9. The lowest BCUT2D eigenvalue weighted by molar-refractivity contribution is 0.668. The van der Waals surface area contributed by atoms with E-state index in [1.54, 1.807) is 0 Å². The van der Waals surface area contributed by atoms with Gasteiger partial charge in [0.2, 0.25) is 0 Å². The highest BCUT2D eigenvalue weighted by Crippen LogP contribution is 2.45. The van der Waals surface area contributed by atoms with E-state index < -0.39 is 0 Å². The number of nitrogens with zero attached hydrogens (tertiary/aromatic N) is 1. The maximum Gasteiger partial charge on any atom is 0.137 e. The summed E-state index contributed by atoms with van der Waals surface area (Å²) in [6.45, 7) is 0. The Hall–Kier alpha value is -6.32. The molecule has 0 aliphatic heterocycles. The average molecular weight is 602 g/mol. The van der Waals surface area contributed by atoms with Crippen molar-refractivity contribution in [3.05, 3.63) is 164 Å². The molecule has 2 heterocycles. The monoisotopic (exact) mass is 601 g/mol. The van der Waals surface area contributed by atoms with Gasteiger partial charge in [0, 0.05) is 27.5 Å². The van der Waals surface area contributed by atoms with Gasteiger partial charge in [0.05, 0.1) is 11.1 Å². The van der Waals surface area contributed by atoms with Gasteiger partial charge in [0.1, 0.15) is 22.3 Å². The molecular formula is C44H27NO2. The maximum absolute atomic E-state index is 6.35. The van der Waals surface area contributed by atoms with Crippen molar-refractivity contribution < 1.29 is 8.83 Å². The zero-order valence-electron chi connectivity index (χ0n) is 25.4. The van der Waals surface area contributed by atoms with Crippen molar-refractivity contribution in [2.24, 2.45) is 0 Å². The van der Waals surface area contributed by atoms with Gasteiger partial charge in [-0.1, -0.05) is 109 Å². The predicted molar refractivity (Wildman–Crippen MR) is 196 cm³/mol. The van der Waals surface area contributed by atoms with Gasteiger partial charge in [-0.2, -0.15) is 0 Å². The van der Waals surface area contributed by atoms with E-state index in [2.05, 4.69) is 144 Å². The van der Waals surface area contributed by atoms with Gasteiger partial charge in [0.25, 0.3) is 0 Å². The number of anilines is 3. The van der Waals surface area contributed by atoms with Crippen molar-refractivity contribution in [1.29, 1.82) is 0 Å². The van der Waals surface area contributed by atoms with Crippen LogP contribution < -0.4 is 4.90 Å². The molecule has 0 aliphatic rings. The number of fused-ring (bicyclic) bond motifs is 9. The van der Waals surface area contributed by atoms with Gasteiger partial charge in [-0.3, -0.25) is 0 Å². The molecule has 10 aromatic rings. The summed E-state index contributed by atoms with van der Waals surface area (Å²) in [7, 11) is 0. The van der Waals surface area contributed by atoms with E-state index in [-0.39, 0.29) is 0 Å². The molecule has 10 rings (SSSR count). The summed E-state index contributed by atoms with van der Waals surface area (Å²) in [4.78, 5) is 2.36. The highest BCUT2D eigenvalue weighted by atomic mass is 16.3. The summed E-state index contributed by atoms with van der Waals surface area (Å²) in [5.74, 6) is 0. The molecule has 47 heavy (non-hydrogen) atoms. The smallest absolute Gasteiger partial charge is 0.137 e. The Morgan fingerprint density at radius 3 is 1.79 bits per heavy atom. The van der Waals surface area contributed by atoms with E-state index in [4.69, 9.17) is 8.83 Å². The lowest BCUT2D eigenvalue weighted by Gasteiger charge is -2.27. The van der Waals surface area contributed by atoms with Crippen LogP contribution in [0.1, 0.15) is 0 Å². The number of benzene rings is 8. The molecule has 0 saturated carbocycles. The van der Waals surface area contributed by atoms with Crippen molar-refractivity contribution in [1.82, 2.24) is 0 Å². The molecule has 3 heteroatoms. The van der Waals surface area contributed by atoms with Crippen LogP contribution in [0.4, 0.5) is 17.1 Å². The van der Waals surface area contributed by atoms with Crippen LogP contribution in [-0.2, 0) is 0 Å². The van der Waals surface area contributed by atoms with E-state index in [1.165, 1.54) is 27.3 Å². The van der Waals surface area contributed by atoms with E-state index in [0.717, 1.165) is 66.3 Å². The largest absolute Gasteiger partial charge is 0.456 e. The SMILES string of the molecule is c1ccc2c(-c3ccc(N(c4ccc5c(ccc6oc7ccccc7c65)c4)c4cccc5oc6ccccc6c45)cc3)cccc2c1. The lowest BCUT2D eigenvalue weighted by atomic mass is 9.98. The number of rotatable bonds is 4. The van der Waals surface area contributed by atoms with E-state index in [0.29, 0.717) is 0 Å². The fraction of sp³-hybridized carbons (Fsp3) is 0. The van der Waals surface area contributed by atoms with Gasteiger partial charge in [0.15, 0.2) is 0 Å². The Kier molecular flexibility index (Phi) is 5.57. The fourth-order valence-corrected chi connectivity index (χ4v) is 7.32. The Morgan fingerprint density at radius 2 is 0.979 bits per heavy atom. The molecule has 0 N–H and O–H groups in total. The molecule has 2 aromatic heterocycles.